The van der Waals surface area contributed by atoms with E-state index >= 15 is 0 Å². The number of likely N-dealkylation sites (N-methyl/N-ethyl adjacent to an activating group) is 1. The van der Waals surface area contributed by atoms with Crippen molar-refractivity contribution in [1.29, 1.82) is 0 Å². The Morgan fingerprint density at radius 2 is 1.78 bits per heavy atom. The highest BCUT2D eigenvalue weighted by atomic mass is 32.2. The average molecular weight is 381 g/mol. The van der Waals surface area contributed by atoms with Crippen LogP contribution >= 0.6 is 11.8 Å². The summed E-state index contributed by atoms with van der Waals surface area (Å²) in [5.74, 6) is 0.852. The molecule has 1 aliphatic carbocycles. The van der Waals surface area contributed by atoms with Crippen molar-refractivity contribution in [2.75, 3.05) is 19.8 Å². The topological polar surface area (TPSA) is 32.3 Å². The van der Waals surface area contributed by atoms with Crippen LogP contribution in [0.25, 0.3) is 0 Å². The Balaban J connectivity index is 1.70. The lowest BCUT2D eigenvalue weighted by atomic mass is 9.66. The quantitative estimate of drug-likeness (QED) is 0.760. The molecule has 3 fully saturated rings. The van der Waals surface area contributed by atoms with Crippen LogP contribution in [0.3, 0.4) is 0 Å². The Hall–Kier alpha value is -1.78. The number of hydrogen-bond donors (Lipinski definition) is 1. The van der Waals surface area contributed by atoms with Crippen molar-refractivity contribution in [3.05, 3.63) is 65.7 Å². The molecule has 1 saturated carbocycles. The van der Waals surface area contributed by atoms with E-state index in [9.17, 15) is 4.79 Å². The van der Waals surface area contributed by atoms with E-state index in [0.29, 0.717) is 0 Å². The second-order valence-electron chi connectivity index (χ2n) is 7.94. The van der Waals surface area contributed by atoms with Crippen molar-refractivity contribution < 1.29 is 4.79 Å². The van der Waals surface area contributed by atoms with Gasteiger partial charge in [0.25, 0.3) is 5.91 Å². The Bertz CT molecular complexity index is 799. The zero-order chi connectivity index (χ0) is 18.9. The van der Waals surface area contributed by atoms with Crippen LogP contribution in [0.1, 0.15) is 47.6 Å². The second kappa shape index (κ2) is 7.69. The van der Waals surface area contributed by atoms with Crippen molar-refractivity contribution in [2.24, 2.45) is 5.92 Å². The fourth-order valence-corrected chi connectivity index (χ4v) is 5.63. The third kappa shape index (κ3) is 3.41. The lowest BCUT2D eigenvalue weighted by Gasteiger charge is -2.57. The van der Waals surface area contributed by atoms with E-state index in [0.717, 1.165) is 35.8 Å². The zero-order valence-corrected chi connectivity index (χ0v) is 17.0. The summed E-state index contributed by atoms with van der Waals surface area (Å²) in [6, 6.07) is 18.4. The maximum Gasteiger partial charge on any atom is 0.252 e. The molecular formula is C23H28N2OS. The van der Waals surface area contributed by atoms with E-state index in [1.54, 1.807) is 11.8 Å². The molecule has 1 unspecified atom stereocenters. The fraction of sp³-hybridized carbons (Fsp3) is 0.435. The molecule has 0 spiro atoms. The number of nitrogens with one attached hydrogen (secondary N) is 1. The standard InChI is InChI=1S/C23H28N2OS/c1-25-16-17-12-14-23(25,15-13-17)21(18-8-4-3-5-9-18)24-22(26)19-10-6-7-11-20(19)27-2/h3-11,17,21H,12-16H2,1-2H3,(H,24,26). The van der Waals surface area contributed by atoms with E-state index < -0.39 is 0 Å². The minimum Gasteiger partial charge on any atom is -0.343 e. The number of carbonyl (C=O) groups excluding carboxylic acids is 1. The number of carbonyl (C=O) groups is 1. The Labute approximate surface area is 166 Å². The summed E-state index contributed by atoms with van der Waals surface area (Å²) in [6.45, 7) is 1.14. The third-order valence-electron chi connectivity index (χ3n) is 6.56. The highest BCUT2D eigenvalue weighted by Gasteiger charge is 2.50. The largest absolute Gasteiger partial charge is 0.343 e. The van der Waals surface area contributed by atoms with Crippen LogP contribution < -0.4 is 5.32 Å². The summed E-state index contributed by atoms with van der Waals surface area (Å²) in [4.78, 5) is 16.8. The van der Waals surface area contributed by atoms with Crippen molar-refractivity contribution in [3.63, 3.8) is 0 Å². The maximum atomic E-state index is 13.3. The van der Waals surface area contributed by atoms with Gasteiger partial charge in [-0.05, 0) is 62.6 Å². The van der Waals surface area contributed by atoms with Gasteiger partial charge in [0.1, 0.15) is 0 Å². The van der Waals surface area contributed by atoms with Gasteiger partial charge in [-0.3, -0.25) is 9.69 Å². The first-order valence-corrected chi connectivity index (χ1v) is 11.1. The van der Waals surface area contributed by atoms with Gasteiger partial charge in [-0.25, -0.2) is 0 Å². The number of thioether (sulfide) groups is 1. The number of amides is 1. The van der Waals surface area contributed by atoms with Crippen LogP contribution in [-0.2, 0) is 0 Å². The molecule has 5 rings (SSSR count). The van der Waals surface area contributed by atoms with Gasteiger partial charge >= 0.3 is 0 Å². The van der Waals surface area contributed by atoms with Gasteiger partial charge in [-0.15, -0.1) is 11.8 Å². The summed E-state index contributed by atoms with van der Waals surface area (Å²) < 4.78 is 0. The second-order valence-corrected chi connectivity index (χ2v) is 8.79. The predicted molar refractivity (Wildman–Crippen MR) is 112 cm³/mol. The zero-order valence-electron chi connectivity index (χ0n) is 16.2. The highest BCUT2D eigenvalue weighted by Crippen LogP contribution is 2.49. The summed E-state index contributed by atoms with van der Waals surface area (Å²) in [7, 11) is 2.24. The van der Waals surface area contributed by atoms with Gasteiger partial charge in [0.2, 0.25) is 0 Å². The van der Waals surface area contributed by atoms with Crippen molar-refractivity contribution in [2.45, 2.75) is 42.2 Å². The minimum absolute atomic E-state index is 0.00682. The molecule has 3 aliphatic rings. The molecular weight excluding hydrogens is 352 g/mol. The van der Waals surface area contributed by atoms with E-state index in [2.05, 4.69) is 41.5 Å². The average Bonchev–Trinajstić information content (AvgIpc) is 2.73. The summed E-state index contributed by atoms with van der Waals surface area (Å²) >= 11 is 1.62. The smallest absolute Gasteiger partial charge is 0.252 e. The molecule has 0 radical (unpaired) electrons. The number of piperidine rings is 2. The number of rotatable bonds is 5. The van der Waals surface area contributed by atoms with Gasteiger partial charge in [0.05, 0.1) is 11.6 Å². The molecule has 142 valence electrons. The van der Waals surface area contributed by atoms with Crippen molar-refractivity contribution in [1.82, 2.24) is 10.2 Å². The van der Waals surface area contributed by atoms with Crippen LogP contribution in [0.4, 0.5) is 0 Å². The Morgan fingerprint density at radius 3 is 2.44 bits per heavy atom. The number of benzene rings is 2. The number of fused-ring (bicyclic) bond motifs is 3. The van der Waals surface area contributed by atoms with Crippen LogP contribution in [0.15, 0.2) is 59.5 Å². The van der Waals surface area contributed by atoms with Crippen molar-refractivity contribution >= 4 is 17.7 Å². The molecule has 1 amide bonds. The molecule has 4 heteroatoms. The van der Waals surface area contributed by atoms with Crippen LogP contribution in [-0.4, -0.2) is 36.2 Å². The highest BCUT2D eigenvalue weighted by molar-refractivity contribution is 7.98. The van der Waals surface area contributed by atoms with E-state index in [4.69, 9.17) is 0 Å². The van der Waals surface area contributed by atoms with Crippen molar-refractivity contribution in [3.8, 4) is 0 Å². The third-order valence-corrected chi connectivity index (χ3v) is 7.36. The monoisotopic (exact) mass is 380 g/mol. The molecule has 2 aromatic rings. The van der Waals surface area contributed by atoms with E-state index in [1.165, 1.54) is 18.4 Å². The SMILES string of the molecule is CSc1ccccc1C(=O)NC(c1ccccc1)C12CCC(CC1)CN2C. The van der Waals surface area contributed by atoms with Gasteiger partial charge in [0.15, 0.2) is 0 Å². The molecule has 27 heavy (non-hydrogen) atoms. The first-order chi connectivity index (χ1) is 13.1. The molecule has 1 atom stereocenters. The molecule has 2 aromatic carbocycles. The first-order valence-electron chi connectivity index (χ1n) is 9.84. The van der Waals surface area contributed by atoms with E-state index in [-0.39, 0.29) is 17.5 Å². The number of hydrogen-bond acceptors (Lipinski definition) is 3. The lowest BCUT2D eigenvalue weighted by Crippen LogP contribution is -2.62. The maximum absolute atomic E-state index is 13.3. The van der Waals surface area contributed by atoms with Gasteiger partial charge in [0, 0.05) is 17.0 Å². The molecule has 2 bridgehead atoms. The molecule has 3 nitrogen and oxygen atoms in total. The molecule has 0 aromatic heterocycles. The Morgan fingerprint density at radius 1 is 1.11 bits per heavy atom. The first kappa shape index (κ1) is 18.6. The van der Waals surface area contributed by atoms with Gasteiger partial charge in [-0.2, -0.15) is 0 Å². The lowest BCUT2D eigenvalue weighted by molar-refractivity contribution is -0.0404. The van der Waals surface area contributed by atoms with E-state index in [1.807, 2.05) is 36.6 Å². The Kier molecular flexibility index (Phi) is 5.29. The van der Waals surface area contributed by atoms with Crippen LogP contribution in [0.2, 0.25) is 0 Å². The normalized spacial score (nSPS) is 25.9. The number of nitrogens with zero attached hydrogens (tertiary/aromatic N) is 1. The van der Waals surface area contributed by atoms with Crippen LogP contribution in [0.5, 0.6) is 0 Å². The molecule has 1 N–H and O–H groups in total. The van der Waals surface area contributed by atoms with Gasteiger partial charge in [-0.1, -0.05) is 42.5 Å². The summed E-state index contributed by atoms with van der Waals surface area (Å²) in [6.07, 6.45) is 6.86. The molecule has 2 saturated heterocycles. The van der Waals surface area contributed by atoms with Gasteiger partial charge < -0.3 is 5.32 Å². The molecule has 2 heterocycles. The molecule has 2 aliphatic heterocycles. The summed E-state index contributed by atoms with van der Waals surface area (Å²) in [5, 5.41) is 3.45. The predicted octanol–water partition coefficient (Wildman–Crippen LogP) is 4.75. The summed E-state index contributed by atoms with van der Waals surface area (Å²) in [5.41, 5.74) is 1.99. The minimum atomic E-state index is 0.00682. The van der Waals surface area contributed by atoms with Crippen LogP contribution in [0, 0.1) is 5.92 Å². The fourth-order valence-electron chi connectivity index (χ4n) is 5.03.